The van der Waals surface area contributed by atoms with Crippen LogP contribution >= 0.6 is 0 Å². The molecule has 0 aliphatic carbocycles. The van der Waals surface area contributed by atoms with E-state index in [1.54, 1.807) is 32.0 Å². The first-order chi connectivity index (χ1) is 8.03. The van der Waals surface area contributed by atoms with Crippen LogP contribution in [0.4, 0.5) is 4.39 Å². The van der Waals surface area contributed by atoms with Crippen molar-refractivity contribution in [1.29, 1.82) is 5.26 Å². The summed E-state index contributed by atoms with van der Waals surface area (Å²) in [5, 5.41) is 11.5. The van der Waals surface area contributed by atoms with Crippen molar-refractivity contribution >= 4 is 5.91 Å². The number of carbonyl (C=O) groups is 1. The first-order valence-corrected chi connectivity index (χ1v) is 5.46. The van der Waals surface area contributed by atoms with Crippen LogP contribution in [0.15, 0.2) is 24.3 Å². The van der Waals surface area contributed by atoms with Crippen molar-refractivity contribution < 1.29 is 9.18 Å². The second kappa shape index (κ2) is 5.44. The molecule has 0 saturated heterocycles. The molecule has 0 aliphatic heterocycles. The van der Waals surface area contributed by atoms with Crippen molar-refractivity contribution in [1.82, 2.24) is 5.32 Å². The van der Waals surface area contributed by atoms with E-state index < -0.39 is 5.41 Å². The lowest BCUT2D eigenvalue weighted by atomic mass is 9.88. The van der Waals surface area contributed by atoms with Gasteiger partial charge in [-0.05, 0) is 19.4 Å². The predicted molar refractivity (Wildman–Crippen MR) is 62.3 cm³/mol. The molecule has 1 rings (SSSR count). The molecular formula is C13H15FN2O. The third-order valence-corrected chi connectivity index (χ3v) is 2.85. The maximum atomic E-state index is 13.3. The summed E-state index contributed by atoms with van der Waals surface area (Å²) < 4.78 is 13.3. The van der Waals surface area contributed by atoms with Gasteiger partial charge >= 0.3 is 0 Å². The van der Waals surface area contributed by atoms with E-state index in [-0.39, 0.29) is 18.3 Å². The number of hydrogen-bond acceptors (Lipinski definition) is 2. The zero-order valence-electron chi connectivity index (χ0n) is 9.96. The molecule has 3 nitrogen and oxygen atoms in total. The molecule has 0 radical (unpaired) electrons. The molecule has 0 fully saturated rings. The van der Waals surface area contributed by atoms with Gasteiger partial charge in [-0.2, -0.15) is 5.26 Å². The topological polar surface area (TPSA) is 52.9 Å². The molecule has 1 atom stereocenters. The molecule has 0 saturated carbocycles. The molecule has 4 heteroatoms. The van der Waals surface area contributed by atoms with Crippen molar-refractivity contribution in [3.05, 3.63) is 35.6 Å². The molecule has 17 heavy (non-hydrogen) atoms. The second-order valence-electron chi connectivity index (χ2n) is 4.07. The average Bonchev–Trinajstić information content (AvgIpc) is 2.36. The van der Waals surface area contributed by atoms with E-state index in [2.05, 4.69) is 5.32 Å². The summed E-state index contributed by atoms with van der Waals surface area (Å²) in [5.74, 6) is -0.728. The van der Waals surface area contributed by atoms with Gasteiger partial charge in [-0.15, -0.1) is 0 Å². The number of carbonyl (C=O) groups excluding carboxylic acids is 1. The molecular weight excluding hydrogens is 219 g/mol. The minimum atomic E-state index is -1.05. The summed E-state index contributed by atoms with van der Waals surface area (Å²) >= 11 is 0. The zero-order valence-corrected chi connectivity index (χ0v) is 9.96. The number of rotatable bonds is 4. The van der Waals surface area contributed by atoms with Crippen LogP contribution in [-0.2, 0) is 11.3 Å². The number of nitriles is 1. The Hall–Kier alpha value is -1.89. The van der Waals surface area contributed by atoms with Crippen molar-refractivity contribution in [2.75, 3.05) is 0 Å². The Morgan fingerprint density at radius 3 is 2.71 bits per heavy atom. The highest BCUT2D eigenvalue weighted by Gasteiger charge is 2.30. The van der Waals surface area contributed by atoms with Crippen LogP contribution in [0.1, 0.15) is 25.8 Å². The van der Waals surface area contributed by atoms with Gasteiger partial charge in [0.1, 0.15) is 11.2 Å². The molecule has 1 unspecified atom stereocenters. The second-order valence-corrected chi connectivity index (χ2v) is 4.07. The average molecular weight is 234 g/mol. The van der Waals surface area contributed by atoms with Crippen LogP contribution in [0.2, 0.25) is 0 Å². The van der Waals surface area contributed by atoms with E-state index in [4.69, 9.17) is 5.26 Å². The molecule has 0 aromatic heterocycles. The van der Waals surface area contributed by atoms with Crippen LogP contribution < -0.4 is 5.32 Å². The fourth-order valence-corrected chi connectivity index (χ4v) is 1.30. The van der Waals surface area contributed by atoms with Crippen LogP contribution in [-0.4, -0.2) is 5.91 Å². The van der Waals surface area contributed by atoms with Gasteiger partial charge in [-0.25, -0.2) is 4.39 Å². The van der Waals surface area contributed by atoms with Crippen molar-refractivity contribution in [2.24, 2.45) is 5.41 Å². The standard InChI is InChI=1S/C13H15FN2O/c1-3-13(2,9-15)12(17)16-8-10-6-4-5-7-11(10)14/h4-7H,3,8H2,1-2H3,(H,16,17). The van der Waals surface area contributed by atoms with E-state index >= 15 is 0 Å². The summed E-state index contributed by atoms with van der Waals surface area (Å²) in [5.41, 5.74) is -0.636. The van der Waals surface area contributed by atoms with Crippen LogP contribution in [0.25, 0.3) is 0 Å². The molecule has 1 N–H and O–H groups in total. The van der Waals surface area contributed by atoms with E-state index in [0.717, 1.165) is 0 Å². The summed E-state index contributed by atoms with van der Waals surface area (Å²) in [4.78, 5) is 11.8. The highest BCUT2D eigenvalue weighted by atomic mass is 19.1. The van der Waals surface area contributed by atoms with Crippen LogP contribution in [0.3, 0.4) is 0 Å². The monoisotopic (exact) mass is 234 g/mol. The normalized spacial score (nSPS) is 13.5. The van der Waals surface area contributed by atoms with Crippen LogP contribution in [0, 0.1) is 22.6 Å². The zero-order chi connectivity index (χ0) is 12.9. The maximum Gasteiger partial charge on any atom is 0.240 e. The Bertz CT molecular complexity index is 453. The summed E-state index contributed by atoms with van der Waals surface area (Å²) in [6.07, 6.45) is 0.423. The fraction of sp³-hybridized carbons (Fsp3) is 0.385. The van der Waals surface area contributed by atoms with Gasteiger partial charge in [-0.1, -0.05) is 25.1 Å². The van der Waals surface area contributed by atoms with E-state index in [1.165, 1.54) is 6.07 Å². The quantitative estimate of drug-likeness (QED) is 0.869. The Balaban J connectivity index is 2.67. The van der Waals surface area contributed by atoms with E-state index in [0.29, 0.717) is 12.0 Å². The van der Waals surface area contributed by atoms with Crippen molar-refractivity contribution in [3.8, 4) is 6.07 Å². The number of amides is 1. The largest absolute Gasteiger partial charge is 0.351 e. The summed E-state index contributed by atoms with van der Waals surface area (Å²) in [6, 6.07) is 8.21. The van der Waals surface area contributed by atoms with Crippen molar-refractivity contribution in [2.45, 2.75) is 26.8 Å². The van der Waals surface area contributed by atoms with Gasteiger partial charge in [0.05, 0.1) is 6.07 Å². The molecule has 0 aliphatic rings. The number of halogens is 1. The Kier molecular flexibility index (Phi) is 4.22. The Morgan fingerprint density at radius 2 is 2.18 bits per heavy atom. The highest BCUT2D eigenvalue weighted by molar-refractivity contribution is 5.84. The van der Waals surface area contributed by atoms with Gasteiger partial charge in [0, 0.05) is 12.1 Å². The molecule has 1 aromatic rings. The molecule has 1 aromatic carbocycles. The molecule has 0 spiro atoms. The summed E-state index contributed by atoms with van der Waals surface area (Å²) in [6.45, 7) is 3.44. The lowest BCUT2D eigenvalue weighted by Gasteiger charge is -2.18. The number of nitrogens with zero attached hydrogens (tertiary/aromatic N) is 1. The van der Waals surface area contributed by atoms with Gasteiger partial charge in [0.15, 0.2) is 0 Å². The predicted octanol–water partition coefficient (Wildman–Crippen LogP) is 2.38. The first-order valence-electron chi connectivity index (χ1n) is 5.46. The lowest BCUT2D eigenvalue weighted by molar-refractivity contribution is -0.127. The van der Waals surface area contributed by atoms with Crippen molar-refractivity contribution in [3.63, 3.8) is 0 Å². The lowest BCUT2D eigenvalue weighted by Crippen LogP contribution is -2.37. The minimum Gasteiger partial charge on any atom is -0.351 e. The van der Waals surface area contributed by atoms with Gasteiger partial charge < -0.3 is 5.32 Å². The molecule has 0 heterocycles. The maximum absolute atomic E-state index is 13.3. The molecule has 0 bridgehead atoms. The van der Waals surface area contributed by atoms with Crippen LogP contribution in [0.5, 0.6) is 0 Å². The Morgan fingerprint density at radius 1 is 1.53 bits per heavy atom. The SMILES string of the molecule is CCC(C)(C#N)C(=O)NCc1ccccc1F. The number of benzene rings is 1. The van der Waals surface area contributed by atoms with E-state index in [9.17, 15) is 9.18 Å². The van der Waals surface area contributed by atoms with Gasteiger partial charge in [0.2, 0.25) is 5.91 Å². The number of hydrogen-bond donors (Lipinski definition) is 1. The minimum absolute atomic E-state index is 0.1000. The first kappa shape index (κ1) is 13.2. The van der Waals surface area contributed by atoms with Gasteiger partial charge in [-0.3, -0.25) is 4.79 Å². The van der Waals surface area contributed by atoms with E-state index in [1.807, 2.05) is 6.07 Å². The van der Waals surface area contributed by atoms with Gasteiger partial charge in [0.25, 0.3) is 0 Å². The third-order valence-electron chi connectivity index (χ3n) is 2.85. The summed E-state index contributed by atoms with van der Waals surface area (Å²) in [7, 11) is 0. The molecule has 90 valence electrons. The Labute approximate surface area is 100 Å². The highest BCUT2D eigenvalue weighted by Crippen LogP contribution is 2.19. The fourth-order valence-electron chi connectivity index (χ4n) is 1.30. The number of nitrogens with one attached hydrogen (secondary N) is 1. The third kappa shape index (κ3) is 3.04. The molecule has 1 amide bonds. The smallest absolute Gasteiger partial charge is 0.240 e.